The Morgan fingerprint density at radius 3 is 2.68 bits per heavy atom. The van der Waals surface area contributed by atoms with Crippen LogP contribution in [0.5, 0.6) is 0 Å². The number of carbonyl (C=O) groups is 1. The molecule has 3 aromatic rings. The summed E-state index contributed by atoms with van der Waals surface area (Å²) in [6.07, 6.45) is 1.42. The highest BCUT2D eigenvalue weighted by atomic mass is 19.1. The number of halogens is 1. The van der Waals surface area contributed by atoms with E-state index >= 15 is 0 Å². The van der Waals surface area contributed by atoms with Gasteiger partial charge >= 0.3 is 5.69 Å². The number of hydrogen-bond donors (Lipinski definition) is 0. The molecule has 3 rings (SSSR count). The average molecular weight is 296 g/mol. The van der Waals surface area contributed by atoms with Gasteiger partial charge in [-0.15, -0.1) is 0 Å². The monoisotopic (exact) mass is 296 g/mol. The van der Waals surface area contributed by atoms with E-state index in [-0.39, 0.29) is 22.3 Å². The van der Waals surface area contributed by atoms with Crippen LogP contribution in [-0.4, -0.2) is 15.7 Å². The maximum atomic E-state index is 13.3. The second-order valence-electron chi connectivity index (χ2n) is 4.63. The summed E-state index contributed by atoms with van der Waals surface area (Å²) in [6, 6.07) is 11.3. The van der Waals surface area contributed by atoms with Crippen molar-refractivity contribution in [2.45, 2.75) is 0 Å². The molecule has 1 heterocycles. The highest BCUT2D eigenvalue weighted by molar-refractivity contribution is 6.14. The maximum Gasteiger partial charge on any atom is 0.306 e. The molecule has 0 spiro atoms. The predicted molar refractivity (Wildman–Crippen MR) is 78.2 cm³/mol. The lowest BCUT2D eigenvalue weighted by molar-refractivity contribution is -0.383. The maximum absolute atomic E-state index is 13.3. The first-order chi connectivity index (χ1) is 10.6. The molecule has 5 nitrogen and oxygen atoms in total. The Labute approximate surface area is 124 Å². The van der Waals surface area contributed by atoms with E-state index in [2.05, 4.69) is 4.98 Å². The quantitative estimate of drug-likeness (QED) is 0.421. The lowest BCUT2D eigenvalue weighted by Crippen LogP contribution is -2.06. The molecule has 2 aromatic carbocycles. The molecular formula is C16H9FN2O3. The normalized spacial score (nSPS) is 10.6. The number of pyridine rings is 1. The van der Waals surface area contributed by atoms with Crippen molar-refractivity contribution in [2.24, 2.45) is 0 Å². The van der Waals surface area contributed by atoms with Crippen molar-refractivity contribution in [3.63, 3.8) is 0 Å². The lowest BCUT2D eigenvalue weighted by atomic mass is 9.99. The number of nitro groups is 1. The minimum absolute atomic E-state index is 0.0541. The topological polar surface area (TPSA) is 73.1 Å². The SMILES string of the molecule is O=C(c1cccc(F)c1)c1ccc2cccnc2c1[N+](=O)[O-]. The Morgan fingerprint density at radius 2 is 1.95 bits per heavy atom. The van der Waals surface area contributed by atoms with Crippen LogP contribution in [0.3, 0.4) is 0 Å². The van der Waals surface area contributed by atoms with Crippen molar-refractivity contribution >= 4 is 22.4 Å². The lowest BCUT2D eigenvalue weighted by Gasteiger charge is -2.05. The predicted octanol–water partition coefficient (Wildman–Crippen LogP) is 3.51. The van der Waals surface area contributed by atoms with Crippen LogP contribution in [0.2, 0.25) is 0 Å². The van der Waals surface area contributed by atoms with E-state index in [0.717, 1.165) is 6.07 Å². The summed E-state index contributed by atoms with van der Waals surface area (Å²) in [5.74, 6) is -1.19. The van der Waals surface area contributed by atoms with Gasteiger partial charge in [0.25, 0.3) is 0 Å². The third kappa shape index (κ3) is 2.31. The van der Waals surface area contributed by atoms with Gasteiger partial charge in [-0.05, 0) is 24.3 Å². The minimum Gasteiger partial charge on any atom is -0.288 e. The zero-order chi connectivity index (χ0) is 15.7. The summed E-state index contributed by atoms with van der Waals surface area (Å²) in [7, 11) is 0. The van der Waals surface area contributed by atoms with E-state index in [1.807, 2.05) is 0 Å². The van der Waals surface area contributed by atoms with Gasteiger partial charge in [0.05, 0.1) is 4.92 Å². The molecule has 0 unspecified atom stereocenters. The fourth-order valence-electron chi connectivity index (χ4n) is 2.28. The third-order valence-corrected chi connectivity index (χ3v) is 3.26. The fraction of sp³-hybridized carbons (Fsp3) is 0. The van der Waals surface area contributed by atoms with Crippen molar-refractivity contribution in [3.8, 4) is 0 Å². The molecule has 108 valence electrons. The molecule has 6 heteroatoms. The second kappa shape index (κ2) is 5.33. The molecular weight excluding hydrogens is 287 g/mol. The van der Waals surface area contributed by atoms with Crippen LogP contribution < -0.4 is 0 Å². The minimum atomic E-state index is -0.637. The highest BCUT2D eigenvalue weighted by Crippen LogP contribution is 2.29. The van der Waals surface area contributed by atoms with E-state index in [9.17, 15) is 19.3 Å². The first kappa shape index (κ1) is 13.8. The van der Waals surface area contributed by atoms with Crippen molar-refractivity contribution in [3.05, 3.63) is 81.8 Å². The van der Waals surface area contributed by atoms with Crippen LogP contribution in [0.15, 0.2) is 54.7 Å². The van der Waals surface area contributed by atoms with E-state index in [1.54, 1.807) is 18.2 Å². The Morgan fingerprint density at radius 1 is 1.14 bits per heavy atom. The fourth-order valence-corrected chi connectivity index (χ4v) is 2.28. The van der Waals surface area contributed by atoms with Crippen LogP contribution in [-0.2, 0) is 0 Å². The van der Waals surface area contributed by atoms with Crippen LogP contribution in [0.1, 0.15) is 15.9 Å². The van der Waals surface area contributed by atoms with Gasteiger partial charge in [-0.25, -0.2) is 9.37 Å². The van der Waals surface area contributed by atoms with Crippen molar-refractivity contribution in [1.29, 1.82) is 0 Å². The Bertz CT molecular complexity index is 909. The highest BCUT2D eigenvalue weighted by Gasteiger charge is 2.25. The Balaban J connectivity index is 2.24. The molecule has 22 heavy (non-hydrogen) atoms. The molecule has 0 aliphatic rings. The number of carbonyl (C=O) groups excluding carboxylic acids is 1. The van der Waals surface area contributed by atoms with E-state index in [0.29, 0.717) is 5.39 Å². The molecule has 0 amide bonds. The zero-order valence-electron chi connectivity index (χ0n) is 11.2. The van der Waals surface area contributed by atoms with Crippen molar-refractivity contribution in [1.82, 2.24) is 4.98 Å². The van der Waals surface area contributed by atoms with Gasteiger partial charge in [-0.1, -0.05) is 24.3 Å². The Hall–Kier alpha value is -3.15. The van der Waals surface area contributed by atoms with E-state index in [1.165, 1.54) is 30.5 Å². The molecule has 0 saturated heterocycles. The van der Waals surface area contributed by atoms with Crippen molar-refractivity contribution in [2.75, 3.05) is 0 Å². The second-order valence-corrected chi connectivity index (χ2v) is 4.63. The number of nitrogens with zero attached hydrogens (tertiary/aromatic N) is 2. The van der Waals surface area contributed by atoms with Gasteiger partial charge in [0.1, 0.15) is 16.9 Å². The average Bonchev–Trinajstić information content (AvgIpc) is 2.52. The molecule has 0 saturated carbocycles. The number of nitro benzene ring substituents is 1. The van der Waals surface area contributed by atoms with Crippen molar-refractivity contribution < 1.29 is 14.1 Å². The molecule has 0 radical (unpaired) electrons. The summed E-state index contributed by atoms with van der Waals surface area (Å²) < 4.78 is 13.3. The zero-order valence-corrected chi connectivity index (χ0v) is 11.2. The standard InChI is InChI=1S/C16H9FN2O3/c17-12-5-1-3-11(9-12)16(20)13-7-6-10-4-2-8-18-14(10)15(13)19(21)22/h1-9H. The van der Waals surface area contributed by atoms with Gasteiger partial charge in [0, 0.05) is 17.1 Å². The summed E-state index contributed by atoms with van der Waals surface area (Å²) in [5, 5.41) is 11.9. The third-order valence-electron chi connectivity index (χ3n) is 3.26. The van der Waals surface area contributed by atoms with Gasteiger partial charge in [0.15, 0.2) is 5.78 Å². The molecule has 0 N–H and O–H groups in total. The molecule has 0 atom stereocenters. The number of hydrogen-bond acceptors (Lipinski definition) is 4. The Kier molecular flexibility index (Phi) is 3.34. The summed E-state index contributed by atoms with van der Waals surface area (Å²) in [5.41, 5.74) is -0.290. The van der Waals surface area contributed by atoms with Gasteiger partial charge in [-0.3, -0.25) is 14.9 Å². The molecule has 1 aromatic heterocycles. The van der Waals surface area contributed by atoms with Crippen LogP contribution in [0, 0.1) is 15.9 Å². The largest absolute Gasteiger partial charge is 0.306 e. The van der Waals surface area contributed by atoms with Gasteiger partial charge in [-0.2, -0.15) is 0 Å². The number of fused-ring (bicyclic) bond motifs is 1. The summed E-state index contributed by atoms with van der Waals surface area (Å²) >= 11 is 0. The number of aromatic nitrogens is 1. The molecule has 0 aliphatic heterocycles. The first-order valence-electron chi connectivity index (χ1n) is 6.40. The van der Waals surface area contributed by atoms with Gasteiger partial charge in [0.2, 0.25) is 0 Å². The molecule has 0 bridgehead atoms. The summed E-state index contributed by atoms with van der Waals surface area (Å²) in [4.78, 5) is 27.2. The van der Waals surface area contributed by atoms with Crippen LogP contribution in [0.25, 0.3) is 10.9 Å². The number of benzene rings is 2. The van der Waals surface area contributed by atoms with Crippen LogP contribution >= 0.6 is 0 Å². The smallest absolute Gasteiger partial charge is 0.288 e. The molecule has 0 fully saturated rings. The first-order valence-corrected chi connectivity index (χ1v) is 6.40. The van der Waals surface area contributed by atoms with E-state index < -0.39 is 16.5 Å². The summed E-state index contributed by atoms with van der Waals surface area (Å²) in [6.45, 7) is 0. The number of rotatable bonds is 3. The number of ketones is 1. The van der Waals surface area contributed by atoms with E-state index in [4.69, 9.17) is 0 Å². The molecule has 0 aliphatic carbocycles. The van der Waals surface area contributed by atoms with Crippen LogP contribution in [0.4, 0.5) is 10.1 Å². The van der Waals surface area contributed by atoms with Gasteiger partial charge < -0.3 is 0 Å².